The third kappa shape index (κ3) is 5.79. The van der Waals surface area contributed by atoms with Crippen LogP contribution in [0.15, 0.2) is 66.0 Å². The van der Waals surface area contributed by atoms with Gasteiger partial charge < -0.3 is 10.2 Å². The van der Waals surface area contributed by atoms with Gasteiger partial charge in [0.15, 0.2) is 0 Å². The van der Waals surface area contributed by atoms with Crippen LogP contribution in [0, 0.1) is 0 Å². The lowest BCUT2D eigenvalue weighted by Crippen LogP contribution is -2.43. The van der Waals surface area contributed by atoms with Crippen molar-refractivity contribution in [1.29, 1.82) is 0 Å². The summed E-state index contributed by atoms with van der Waals surface area (Å²) in [6.45, 7) is 5.52. The molecule has 1 aliphatic heterocycles. The fourth-order valence-electron chi connectivity index (χ4n) is 4.08. The van der Waals surface area contributed by atoms with Gasteiger partial charge >= 0.3 is 0 Å². The zero-order valence-corrected chi connectivity index (χ0v) is 20.0. The van der Waals surface area contributed by atoms with Crippen LogP contribution in [0.2, 0.25) is 0 Å². The van der Waals surface area contributed by atoms with Gasteiger partial charge in [-0.1, -0.05) is 12.1 Å². The molecule has 3 aromatic heterocycles. The van der Waals surface area contributed by atoms with Crippen molar-refractivity contribution in [2.24, 2.45) is 7.05 Å². The van der Waals surface area contributed by atoms with Crippen LogP contribution < -0.4 is 10.9 Å². The SMILES string of the molecule is CN1CCN(Cc2cnc(Nc3cccc(Cn4nc(-c5cnn(C)c5)ccc4=O)c3)nc2)CC1. The van der Waals surface area contributed by atoms with E-state index in [1.165, 1.54) is 10.7 Å². The largest absolute Gasteiger partial charge is 0.324 e. The average molecular weight is 472 g/mol. The van der Waals surface area contributed by atoms with E-state index in [-0.39, 0.29) is 5.56 Å². The van der Waals surface area contributed by atoms with Crippen LogP contribution in [0.5, 0.6) is 0 Å². The van der Waals surface area contributed by atoms with Crippen LogP contribution in [0.3, 0.4) is 0 Å². The van der Waals surface area contributed by atoms with Crippen molar-refractivity contribution < 1.29 is 0 Å². The van der Waals surface area contributed by atoms with Gasteiger partial charge in [0, 0.05) is 81.2 Å². The highest BCUT2D eigenvalue weighted by atomic mass is 16.1. The molecule has 0 spiro atoms. The fraction of sp³-hybridized carbons (Fsp3) is 0.320. The number of hydrogen-bond acceptors (Lipinski definition) is 8. The van der Waals surface area contributed by atoms with Crippen molar-refractivity contribution in [3.63, 3.8) is 0 Å². The number of anilines is 2. The number of rotatable bonds is 7. The van der Waals surface area contributed by atoms with Crippen LogP contribution in [0.4, 0.5) is 11.6 Å². The Morgan fingerprint density at radius 3 is 2.46 bits per heavy atom. The average Bonchev–Trinajstić information content (AvgIpc) is 3.30. The van der Waals surface area contributed by atoms with Gasteiger partial charge in [-0.25, -0.2) is 14.6 Å². The van der Waals surface area contributed by atoms with Crippen LogP contribution in [0.1, 0.15) is 11.1 Å². The first-order chi connectivity index (χ1) is 17.0. The minimum absolute atomic E-state index is 0.157. The van der Waals surface area contributed by atoms with E-state index in [1.54, 1.807) is 16.9 Å². The number of piperazine rings is 1. The lowest BCUT2D eigenvalue weighted by molar-refractivity contribution is 0.148. The summed E-state index contributed by atoms with van der Waals surface area (Å²) >= 11 is 0. The van der Waals surface area contributed by atoms with E-state index in [1.807, 2.05) is 49.9 Å². The first-order valence-electron chi connectivity index (χ1n) is 11.7. The van der Waals surface area contributed by atoms with E-state index in [0.717, 1.165) is 55.1 Å². The zero-order valence-electron chi connectivity index (χ0n) is 20.0. The number of aryl methyl sites for hydroxylation is 1. The highest BCUT2D eigenvalue weighted by molar-refractivity contribution is 5.56. The Morgan fingerprint density at radius 1 is 0.914 bits per heavy atom. The maximum Gasteiger partial charge on any atom is 0.267 e. The van der Waals surface area contributed by atoms with Gasteiger partial charge in [0.1, 0.15) is 0 Å². The molecule has 0 aliphatic carbocycles. The minimum Gasteiger partial charge on any atom is -0.324 e. The Balaban J connectivity index is 1.25. The summed E-state index contributed by atoms with van der Waals surface area (Å²) in [5.74, 6) is 0.540. The normalized spacial score (nSPS) is 14.8. The van der Waals surface area contributed by atoms with Crippen molar-refractivity contribution >= 4 is 11.6 Å². The van der Waals surface area contributed by atoms with Gasteiger partial charge in [-0.15, -0.1) is 0 Å². The first-order valence-corrected chi connectivity index (χ1v) is 11.7. The molecule has 1 N–H and O–H groups in total. The number of nitrogens with one attached hydrogen (secondary N) is 1. The molecule has 10 heteroatoms. The van der Waals surface area contributed by atoms with Crippen molar-refractivity contribution in [2.75, 3.05) is 38.5 Å². The van der Waals surface area contributed by atoms with Crippen molar-refractivity contribution in [1.82, 2.24) is 39.3 Å². The third-order valence-electron chi connectivity index (χ3n) is 6.09. The van der Waals surface area contributed by atoms with Gasteiger partial charge in [-0.05, 0) is 30.8 Å². The molecule has 0 radical (unpaired) electrons. The molecule has 4 heterocycles. The predicted octanol–water partition coefficient (Wildman–Crippen LogP) is 1.97. The molecule has 180 valence electrons. The molecule has 0 saturated carbocycles. The number of likely N-dealkylation sites (N-methyl/N-ethyl adjacent to an activating group) is 1. The standard InChI is InChI=1S/C25H29N9O/c1-31-8-10-33(11-9-31)16-20-13-26-25(27-14-20)29-22-5-3-4-19(12-22)17-34-24(35)7-6-23(30-34)21-15-28-32(2)18-21/h3-7,12-15,18H,8-11,16-17H2,1-2H3,(H,26,27,29). The number of hydrogen-bond donors (Lipinski definition) is 1. The van der Waals surface area contributed by atoms with Crippen molar-refractivity contribution in [2.45, 2.75) is 13.1 Å². The van der Waals surface area contributed by atoms with E-state index < -0.39 is 0 Å². The van der Waals surface area contributed by atoms with E-state index >= 15 is 0 Å². The lowest BCUT2D eigenvalue weighted by Gasteiger charge is -2.32. The molecule has 0 unspecified atom stereocenters. The van der Waals surface area contributed by atoms with E-state index in [9.17, 15) is 4.79 Å². The zero-order chi connectivity index (χ0) is 24.2. The lowest BCUT2D eigenvalue weighted by atomic mass is 10.2. The highest BCUT2D eigenvalue weighted by Crippen LogP contribution is 2.17. The third-order valence-corrected chi connectivity index (χ3v) is 6.09. The molecule has 0 amide bonds. The van der Waals surface area contributed by atoms with Crippen molar-refractivity contribution in [3.8, 4) is 11.3 Å². The Bertz CT molecular complexity index is 1340. The maximum absolute atomic E-state index is 12.4. The minimum atomic E-state index is -0.157. The van der Waals surface area contributed by atoms with Crippen LogP contribution in [-0.2, 0) is 20.1 Å². The molecule has 1 aliphatic rings. The van der Waals surface area contributed by atoms with Crippen LogP contribution in [-0.4, -0.2) is 72.6 Å². The molecular weight excluding hydrogens is 442 g/mol. The second kappa shape index (κ2) is 10.2. The Kier molecular flexibility index (Phi) is 6.64. The van der Waals surface area contributed by atoms with E-state index in [0.29, 0.717) is 18.2 Å². The molecule has 5 rings (SSSR count). The number of aromatic nitrogens is 6. The smallest absolute Gasteiger partial charge is 0.267 e. The van der Waals surface area contributed by atoms with Gasteiger partial charge in [0.05, 0.1) is 18.4 Å². The van der Waals surface area contributed by atoms with Crippen LogP contribution >= 0.6 is 0 Å². The summed E-state index contributed by atoms with van der Waals surface area (Å²) in [4.78, 5) is 26.2. The summed E-state index contributed by atoms with van der Waals surface area (Å²) < 4.78 is 3.17. The highest BCUT2D eigenvalue weighted by Gasteiger charge is 2.14. The Morgan fingerprint density at radius 2 is 1.71 bits per heavy atom. The summed E-state index contributed by atoms with van der Waals surface area (Å²) in [5.41, 5.74) is 4.32. The predicted molar refractivity (Wildman–Crippen MR) is 134 cm³/mol. The molecular formula is C25H29N9O. The van der Waals surface area contributed by atoms with Gasteiger partial charge in [0.2, 0.25) is 5.95 Å². The van der Waals surface area contributed by atoms with E-state index in [2.05, 4.69) is 42.3 Å². The van der Waals surface area contributed by atoms with Gasteiger partial charge in [-0.2, -0.15) is 10.2 Å². The molecule has 1 aromatic carbocycles. The summed E-state index contributed by atoms with van der Waals surface area (Å²) in [6.07, 6.45) is 7.37. The van der Waals surface area contributed by atoms with Crippen molar-refractivity contribution in [3.05, 3.63) is 82.7 Å². The first kappa shape index (κ1) is 22.9. The van der Waals surface area contributed by atoms with Gasteiger partial charge in [0.25, 0.3) is 5.56 Å². The molecule has 1 saturated heterocycles. The molecule has 10 nitrogen and oxygen atoms in total. The van der Waals surface area contributed by atoms with E-state index in [4.69, 9.17) is 0 Å². The summed E-state index contributed by atoms with van der Waals surface area (Å²) in [7, 11) is 4.01. The molecule has 1 fully saturated rings. The Hall–Kier alpha value is -3.89. The second-order valence-electron chi connectivity index (χ2n) is 8.94. The fourth-order valence-corrected chi connectivity index (χ4v) is 4.08. The molecule has 0 bridgehead atoms. The maximum atomic E-state index is 12.4. The summed E-state index contributed by atoms with van der Waals surface area (Å²) in [5, 5.41) is 12.0. The van der Waals surface area contributed by atoms with Crippen LogP contribution in [0.25, 0.3) is 11.3 Å². The second-order valence-corrected chi connectivity index (χ2v) is 8.94. The summed E-state index contributed by atoms with van der Waals surface area (Å²) in [6, 6.07) is 11.1. The molecule has 35 heavy (non-hydrogen) atoms. The molecule has 0 atom stereocenters. The monoisotopic (exact) mass is 471 g/mol. The molecule has 4 aromatic rings. The number of benzene rings is 1. The number of nitrogens with zero attached hydrogens (tertiary/aromatic N) is 8. The van der Waals surface area contributed by atoms with Gasteiger partial charge in [-0.3, -0.25) is 14.4 Å². The quantitative estimate of drug-likeness (QED) is 0.437. The Labute approximate surface area is 203 Å². The topological polar surface area (TPSA) is 97.0 Å².